The summed E-state index contributed by atoms with van der Waals surface area (Å²) in [5, 5.41) is 3.28. The third kappa shape index (κ3) is 4.63. The highest BCUT2D eigenvalue weighted by atomic mass is 15.1. The number of benzene rings is 1. The predicted octanol–water partition coefficient (Wildman–Crippen LogP) is 4.49. The Morgan fingerprint density at radius 1 is 0.880 bits per heavy atom. The van der Waals surface area contributed by atoms with E-state index in [0.717, 1.165) is 29.9 Å². The lowest BCUT2D eigenvalue weighted by atomic mass is 9.86. The van der Waals surface area contributed by atoms with Gasteiger partial charge in [0, 0.05) is 36.6 Å². The Kier molecular flexibility index (Phi) is 5.08. The van der Waals surface area contributed by atoms with Crippen molar-refractivity contribution in [1.82, 2.24) is 15.0 Å². The number of nitrogens with one attached hydrogen (secondary N) is 1. The first-order valence-electron chi connectivity index (χ1n) is 8.60. The molecular formula is C21H24N4. The summed E-state index contributed by atoms with van der Waals surface area (Å²) in [5.41, 5.74) is 4.56. The van der Waals surface area contributed by atoms with Gasteiger partial charge in [0.05, 0.1) is 5.69 Å². The maximum atomic E-state index is 4.62. The molecule has 4 heteroatoms. The molecule has 0 bridgehead atoms. The molecule has 0 amide bonds. The molecule has 4 nitrogen and oxygen atoms in total. The van der Waals surface area contributed by atoms with Crippen molar-refractivity contribution < 1.29 is 0 Å². The Labute approximate surface area is 149 Å². The van der Waals surface area contributed by atoms with Crippen molar-refractivity contribution in [2.75, 3.05) is 11.9 Å². The first kappa shape index (κ1) is 17.1. The lowest BCUT2D eigenvalue weighted by molar-refractivity contribution is 0.590. The van der Waals surface area contributed by atoms with E-state index in [4.69, 9.17) is 0 Å². The van der Waals surface area contributed by atoms with Crippen LogP contribution in [-0.4, -0.2) is 21.5 Å². The summed E-state index contributed by atoms with van der Waals surface area (Å²) < 4.78 is 0. The van der Waals surface area contributed by atoms with Crippen LogP contribution in [-0.2, 0) is 11.8 Å². The second-order valence-corrected chi connectivity index (χ2v) is 7.09. The quantitative estimate of drug-likeness (QED) is 0.748. The number of anilines is 1. The fraction of sp³-hybridized carbons (Fsp3) is 0.286. The highest BCUT2D eigenvalue weighted by Crippen LogP contribution is 2.25. The maximum absolute atomic E-state index is 4.62. The second-order valence-electron chi connectivity index (χ2n) is 7.09. The highest BCUT2D eigenvalue weighted by Gasteiger charge is 2.13. The van der Waals surface area contributed by atoms with Crippen molar-refractivity contribution in [2.45, 2.75) is 32.6 Å². The summed E-state index contributed by atoms with van der Waals surface area (Å²) >= 11 is 0. The van der Waals surface area contributed by atoms with Crippen molar-refractivity contribution in [3.05, 3.63) is 72.2 Å². The third-order valence-electron chi connectivity index (χ3n) is 4.09. The first-order chi connectivity index (χ1) is 12.0. The van der Waals surface area contributed by atoms with Gasteiger partial charge >= 0.3 is 0 Å². The molecule has 0 spiro atoms. The minimum atomic E-state index is 0.155. The van der Waals surface area contributed by atoms with Gasteiger partial charge in [0.25, 0.3) is 0 Å². The molecule has 25 heavy (non-hydrogen) atoms. The van der Waals surface area contributed by atoms with Crippen molar-refractivity contribution in [1.29, 1.82) is 0 Å². The number of hydrogen-bond donors (Lipinski definition) is 1. The monoisotopic (exact) mass is 332 g/mol. The van der Waals surface area contributed by atoms with Gasteiger partial charge < -0.3 is 5.32 Å². The highest BCUT2D eigenvalue weighted by molar-refractivity contribution is 5.60. The van der Waals surface area contributed by atoms with Gasteiger partial charge in [0.1, 0.15) is 0 Å². The van der Waals surface area contributed by atoms with E-state index in [1.807, 2.05) is 30.5 Å². The Balaban J connectivity index is 1.67. The van der Waals surface area contributed by atoms with Crippen LogP contribution < -0.4 is 5.32 Å². The van der Waals surface area contributed by atoms with E-state index < -0.39 is 0 Å². The third-order valence-corrected chi connectivity index (χ3v) is 4.09. The van der Waals surface area contributed by atoms with Crippen LogP contribution in [0.25, 0.3) is 11.3 Å². The van der Waals surface area contributed by atoms with Crippen LogP contribution in [0.5, 0.6) is 0 Å². The molecule has 2 heterocycles. The summed E-state index contributed by atoms with van der Waals surface area (Å²) in [7, 11) is 0. The number of nitrogens with zero attached hydrogens (tertiary/aromatic N) is 3. The van der Waals surface area contributed by atoms with Crippen LogP contribution >= 0.6 is 0 Å². The summed E-state index contributed by atoms with van der Waals surface area (Å²) in [5.74, 6) is 0.647. The van der Waals surface area contributed by atoms with Crippen molar-refractivity contribution in [3.63, 3.8) is 0 Å². The minimum Gasteiger partial charge on any atom is -0.354 e. The van der Waals surface area contributed by atoms with Crippen LogP contribution in [0, 0.1) is 0 Å². The van der Waals surface area contributed by atoms with Crippen LogP contribution in [0.1, 0.15) is 32.0 Å². The number of pyridine rings is 1. The minimum absolute atomic E-state index is 0.155. The summed E-state index contributed by atoms with van der Waals surface area (Å²) in [6.45, 7) is 7.41. The van der Waals surface area contributed by atoms with Gasteiger partial charge in [0.15, 0.2) is 0 Å². The number of aromatic nitrogens is 3. The average molecular weight is 332 g/mol. The van der Waals surface area contributed by atoms with Crippen molar-refractivity contribution >= 4 is 5.95 Å². The molecule has 1 aromatic carbocycles. The molecule has 0 aliphatic carbocycles. The normalized spacial score (nSPS) is 11.3. The zero-order valence-corrected chi connectivity index (χ0v) is 15.0. The molecule has 0 atom stereocenters. The van der Waals surface area contributed by atoms with E-state index in [9.17, 15) is 0 Å². The van der Waals surface area contributed by atoms with E-state index in [1.54, 1.807) is 6.20 Å². The Morgan fingerprint density at radius 2 is 1.68 bits per heavy atom. The standard InChI is InChI=1S/C21H24N4/c1-21(2,3)17-9-7-16(8-10-17)19-12-15-24-20(25-19)23-14-11-18-6-4-5-13-22-18/h4-10,12-13,15H,11,14H2,1-3H3,(H,23,24,25). The molecule has 0 aliphatic heterocycles. The van der Waals surface area contributed by atoms with Gasteiger partial charge in [-0.3, -0.25) is 4.98 Å². The fourth-order valence-electron chi connectivity index (χ4n) is 2.59. The van der Waals surface area contributed by atoms with Crippen LogP contribution in [0.2, 0.25) is 0 Å². The van der Waals surface area contributed by atoms with E-state index in [0.29, 0.717) is 5.95 Å². The van der Waals surface area contributed by atoms with Gasteiger partial charge in [-0.15, -0.1) is 0 Å². The van der Waals surface area contributed by atoms with Gasteiger partial charge in [-0.2, -0.15) is 0 Å². The first-order valence-corrected chi connectivity index (χ1v) is 8.60. The van der Waals surface area contributed by atoms with E-state index in [-0.39, 0.29) is 5.41 Å². The van der Waals surface area contributed by atoms with Gasteiger partial charge in [0.2, 0.25) is 5.95 Å². The molecule has 128 valence electrons. The maximum Gasteiger partial charge on any atom is 0.223 e. The number of rotatable bonds is 5. The Bertz CT molecular complexity index is 805. The predicted molar refractivity (Wildman–Crippen MR) is 103 cm³/mol. The molecule has 0 aliphatic rings. The topological polar surface area (TPSA) is 50.7 Å². The SMILES string of the molecule is CC(C)(C)c1ccc(-c2ccnc(NCCc3ccccn3)n2)cc1. The summed E-state index contributed by atoms with van der Waals surface area (Å²) in [6, 6.07) is 16.5. The van der Waals surface area contributed by atoms with Crippen LogP contribution in [0.15, 0.2) is 60.9 Å². The lowest BCUT2D eigenvalue weighted by Crippen LogP contribution is -2.10. The van der Waals surface area contributed by atoms with Crippen LogP contribution in [0.4, 0.5) is 5.95 Å². The van der Waals surface area contributed by atoms with Gasteiger partial charge in [-0.25, -0.2) is 9.97 Å². The van der Waals surface area contributed by atoms with Crippen LogP contribution in [0.3, 0.4) is 0 Å². The molecule has 0 radical (unpaired) electrons. The molecule has 3 aromatic rings. The number of hydrogen-bond acceptors (Lipinski definition) is 4. The largest absolute Gasteiger partial charge is 0.354 e. The Morgan fingerprint density at radius 3 is 2.36 bits per heavy atom. The average Bonchev–Trinajstić information content (AvgIpc) is 2.62. The second kappa shape index (κ2) is 7.43. The zero-order valence-electron chi connectivity index (χ0n) is 15.0. The molecule has 2 aromatic heterocycles. The zero-order chi connectivity index (χ0) is 17.7. The molecule has 3 rings (SSSR count). The molecule has 0 saturated heterocycles. The molecule has 0 fully saturated rings. The molecule has 1 N–H and O–H groups in total. The molecule has 0 unspecified atom stereocenters. The van der Waals surface area contributed by atoms with Crippen molar-refractivity contribution in [2.24, 2.45) is 0 Å². The van der Waals surface area contributed by atoms with E-state index >= 15 is 0 Å². The Hall–Kier alpha value is -2.75. The van der Waals surface area contributed by atoms with E-state index in [1.165, 1.54) is 5.56 Å². The van der Waals surface area contributed by atoms with Crippen molar-refractivity contribution in [3.8, 4) is 11.3 Å². The van der Waals surface area contributed by atoms with Gasteiger partial charge in [-0.05, 0) is 29.2 Å². The smallest absolute Gasteiger partial charge is 0.223 e. The molecule has 0 saturated carbocycles. The lowest BCUT2D eigenvalue weighted by Gasteiger charge is -2.19. The van der Waals surface area contributed by atoms with E-state index in [2.05, 4.69) is 65.3 Å². The summed E-state index contributed by atoms with van der Waals surface area (Å²) in [6.07, 6.45) is 4.45. The molecular weight excluding hydrogens is 308 g/mol. The van der Waals surface area contributed by atoms with Gasteiger partial charge in [-0.1, -0.05) is 51.1 Å². The fourth-order valence-corrected chi connectivity index (χ4v) is 2.59. The summed E-state index contributed by atoms with van der Waals surface area (Å²) in [4.78, 5) is 13.3.